The van der Waals surface area contributed by atoms with Crippen molar-refractivity contribution < 1.29 is 0 Å². The normalized spacial score (nSPS) is 11.0. The molecule has 3 rings (SSSR count). The monoisotopic (exact) mass is 322 g/mol. The van der Waals surface area contributed by atoms with Crippen molar-refractivity contribution >= 4 is 5.95 Å². The predicted octanol–water partition coefficient (Wildman–Crippen LogP) is 2.94. The summed E-state index contributed by atoms with van der Waals surface area (Å²) in [5.74, 6) is 2.00. The molecule has 3 N–H and O–H groups in total. The average Bonchev–Trinajstić information content (AvgIpc) is 2.95. The number of benzene rings is 1. The van der Waals surface area contributed by atoms with Crippen molar-refractivity contribution in [1.29, 1.82) is 0 Å². The number of hydrogen-bond acceptors (Lipinski definition) is 5. The molecule has 0 amide bonds. The van der Waals surface area contributed by atoms with Crippen molar-refractivity contribution in [3.63, 3.8) is 0 Å². The van der Waals surface area contributed by atoms with Crippen molar-refractivity contribution in [1.82, 2.24) is 25.1 Å². The first-order valence-electron chi connectivity index (χ1n) is 8.11. The van der Waals surface area contributed by atoms with Gasteiger partial charge >= 0.3 is 0 Å². The second-order valence-electron chi connectivity index (χ2n) is 6.04. The van der Waals surface area contributed by atoms with Crippen LogP contribution in [0.15, 0.2) is 24.3 Å². The van der Waals surface area contributed by atoms with Crippen LogP contribution in [-0.2, 0) is 12.8 Å². The van der Waals surface area contributed by atoms with E-state index in [1.165, 1.54) is 11.1 Å². The van der Waals surface area contributed by atoms with E-state index < -0.39 is 0 Å². The Bertz CT molecular complexity index is 852. The van der Waals surface area contributed by atoms with Crippen LogP contribution in [0.5, 0.6) is 0 Å². The molecule has 0 aliphatic rings. The number of aryl methyl sites for hydroxylation is 4. The van der Waals surface area contributed by atoms with Gasteiger partial charge in [0.05, 0.1) is 5.69 Å². The first-order valence-corrected chi connectivity index (χ1v) is 8.11. The Hall–Kier alpha value is -2.76. The number of nitrogens with one attached hydrogen (secondary N) is 1. The van der Waals surface area contributed by atoms with Crippen molar-refractivity contribution in [2.45, 2.75) is 40.0 Å². The third-order valence-corrected chi connectivity index (χ3v) is 4.15. The molecule has 0 radical (unpaired) electrons. The predicted molar refractivity (Wildman–Crippen MR) is 94.5 cm³/mol. The summed E-state index contributed by atoms with van der Waals surface area (Å²) in [5.41, 5.74) is 11.3. The first kappa shape index (κ1) is 16.1. The molecule has 24 heavy (non-hydrogen) atoms. The summed E-state index contributed by atoms with van der Waals surface area (Å²) in [4.78, 5) is 13.1. The zero-order chi connectivity index (χ0) is 17.1. The number of aromatic amines is 1. The lowest BCUT2D eigenvalue weighted by molar-refractivity contribution is 0.759. The molecule has 1 aromatic carbocycles. The third kappa shape index (κ3) is 3.59. The number of hydrogen-bond donors (Lipinski definition) is 2. The van der Waals surface area contributed by atoms with Crippen molar-refractivity contribution in [3.8, 4) is 11.3 Å². The van der Waals surface area contributed by atoms with Crippen LogP contribution < -0.4 is 5.73 Å². The second-order valence-corrected chi connectivity index (χ2v) is 6.04. The molecule has 0 spiro atoms. The third-order valence-electron chi connectivity index (χ3n) is 4.15. The minimum Gasteiger partial charge on any atom is -0.368 e. The zero-order valence-corrected chi connectivity index (χ0v) is 14.3. The zero-order valence-electron chi connectivity index (χ0n) is 14.3. The summed E-state index contributed by atoms with van der Waals surface area (Å²) in [6.07, 6.45) is 2.55. The van der Waals surface area contributed by atoms with E-state index in [2.05, 4.69) is 51.1 Å². The molecule has 3 aromatic rings. The Balaban J connectivity index is 1.77. The topological polar surface area (TPSA) is 93.4 Å². The van der Waals surface area contributed by atoms with Gasteiger partial charge in [-0.3, -0.25) is 5.10 Å². The van der Waals surface area contributed by atoms with Crippen molar-refractivity contribution in [2.75, 3.05) is 5.73 Å². The number of nitrogens with zero attached hydrogens (tertiary/aromatic N) is 4. The molecule has 6 nitrogen and oxygen atoms in total. The fourth-order valence-electron chi connectivity index (χ4n) is 2.74. The fourth-order valence-corrected chi connectivity index (χ4v) is 2.74. The van der Waals surface area contributed by atoms with Gasteiger partial charge in [0.2, 0.25) is 5.95 Å². The van der Waals surface area contributed by atoms with E-state index in [9.17, 15) is 0 Å². The Morgan fingerprint density at radius 2 is 1.88 bits per heavy atom. The number of nitrogen functional groups attached to an aromatic ring is 1. The molecule has 0 aliphatic heterocycles. The van der Waals surface area contributed by atoms with Crippen LogP contribution in [0.2, 0.25) is 0 Å². The minimum atomic E-state index is 0.317. The van der Waals surface area contributed by atoms with Gasteiger partial charge in [0.25, 0.3) is 0 Å². The summed E-state index contributed by atoms with van der Waals surface area (Å²) in [7, 11) is 0. The van der Waals surface area contributed by atoms with Crippen LogP contribution in [0, 0.1) is 20.8 Å². The second kappa shape index (κ2) is 6.78. The number of aromatic nitrogens is 5. The maximum Gasteiger partial charge on any atom is 0.220 e. The lowest BCUT2D eigenvalue weighted by Gasteiger charge is -2.10. The van der Waals surface area contributed by atoms with Crippen LogP contribution in [0.4, 0.5) is 5.95 Å². The molecule has 2 heterocycles. The largest absolute Gasteiger partial charge is 0.368 e. The van der Waals surface area contributed by atoms with Gasteiger partial charge in [0, 0.05) is 17.7 Å². The summed E-state index contributed by atoms with van der Waals surface area (Å²) in [6.45, 7) is 6.11. The van der Waals surface area contributed by atoms with Crippen LogP contribution in [0.3, 0.4) is 0 Å². The first-order chi connectivity index (χ1) is 11.5. The molecule has 2 aromatic heterocycles. The van der Waals surface area contributed by atoms with Crippen LogP contribution >= 0.6 is 0 Å². The summed E-state index contributed by atoms with van der Waals surface area (Å²) >= 11 is 0. The smallest absolute Gasteiger partial charge is 0.220 e. The van der Waals surface area contributed by atoms with Crippen molar-refractivity contribution in [2.24, 2.45) is 0 Å². The van der Waals surface area contributed by atoms with E-state index in [-0.39, 0.29) is 0 Å². The maximum absolute atomic E-state index is 5.92. The molecule has 0 saturated carbocycles. The van der Waals surface area contributed by atoms with Crippen LogP contribution in [0.25, 0.3) is 11.3 Å². The van der Waals surface area contributed by atoms with Crippen LogP contribution in [0.1, 0.15) is 34.9 Å². The van der Waals surface area contributed by atoms with E-state index in [4.69, 9.17) is 5.73 Å². The molecule has 0 aliphatic carbocycles. The Morgan fingerprint density at radius 1 is 1.04 bits per heavy atom. The highest BCUT2D eigenvalue weighted by molar-refractivity contribution is 5.66. The number of rotatable bonds is 5. The Labute approximate surface area is 141 Å². The van der Waals surface area contributed by atoms with E-state index in [1.807, 2.05) is 19.1 Å². The SMILES string of the molecule is Cc1nc(CCCc2cc(-c3cccc(C)c3C)nc(N)n2)n[nH]1. The highest BCUT2D eigenvalue weighted by atomic mass is 15.2. The molecule has 6 heteroatoms. The molecule has 124 valence electrons. The average molecular weight is 322 g/mol. The van der Waals surface area contributed by atoms with Crippen LogP contribution in [-0.4, -0.2) is 25.1 Å². The highest BCUT2D eigenvalue weighted by Crippen LogP contribution is 2.25. The molecule has 0 saturated heterocycles. The number of anilines is 1. The molecule has 0 atom stereocenters. The minimum absolute atomic E-state index is 0.317. The van der Waals surface area contributed by atoms with E-state index in [0.717, 1.165) is 47.9 Å². The molecule has 0 bridgehead atoms. The van der Waals surface area contributed by atoms with Gasteiger partial charge in [-0.1, -0.05) is 18.2 Å². The van der Waals surface area contributed by atoms with Gasteiger partial charge in [-0.25, -0.2) is 15.0 Å². The summed E-state index contributed by atoms with van der Waals surface area (Å²) < 4.78 is 0. The van der Waals surface area contributed by atoms with Gasteiger partial charge in [-0.2, -0.15) is 5.10 Å². The standard InChI is InChI=1S/C18H22N6/c1-11-6-4-8-15(12(11)2)16-10-14(21-18(19)22-16)7-5-9-17-20-13(3)23-24-17/h4,6,8,10H,5,7,9H2,1-3H3,(H2,19,21,22)(H,20,23,24). The van der Waals surface area contributed by atoms with Gasteiger partial charge in [-0.05, 0) is 50.8 Å². The quantitative estimate of drug-likeness (QED) is 0.753. The Kier molecular flexibility index (Phi) is 4.55. The van der Waals surface area contributed by atoms with Gasteiger partial charge in [0.15, 0.2) is 5.82 Å². The van der Waals surface area contributed by atoms with Gasteiger partial charge < -0.3 is 5.73 Å². The molecule has 0 unspecified atom stereocenters. The van der Waals surface area contributed by atoms with E-state index in [0.29, 0.717) is 5.95 Å². The molecular formula is C18H22N6. The summed E-state index contributed by atoms with van der Waals surface area (Å²) in [5, 5.41) is 7.02. The number of H-pyrrole nitrogens is 1. The van der Waals surface area contributed by atoms with Crippen molar-refractivity contribution in [3.05, 3.63) is 52.7 Å². The van der Waals surface area contributed by atoms with Gasteiger partial charge in [0.1, 0.15) is 5.82 Å². The van der Waals surface area contributed by atoms with Gasteiger partial charge in [-0.15, -0.1) is 0 Å². The number of nitrogens with two attached hydrogens (primary N) is 1. The molecular weight excluding hydrogens is 300 g/mol. The van der Waals surface area contributed by atoms with E-state index in [1.54, 1.807) is 0 Å². The Morgan fingerprint density at radius 3 is 2.62 bits per heavy atom. The lowest BCUT2D eigenvalue weighted by atomic mass is 10.00. The fraction of sp³-hybridized carbons (Fsp3) is 0.333. The lowest BCUT2D eigenvalue weighted by Crippen LogP contribution is -2.03. The highest BCUT2D eigenvalue weighted by Gasteiger charge is 2.09. The summed E-state index contributed by atoms with van der Waals surface area (Å²) in [6, 6.07) is 8.25. The maximum atomic E-state index is 5.92. The molecule has 0 fully saturated rings. The van der Waals surface area contributed by atoms with E-state index >= 15 is 0 Å².